The molecule has 7 heteroatoms. The van der Waals surface area contributed by atoms with Crippen LogP contribution in [-0.4, -0.2) is 41.9 Å². The zero-order valence-corrected chi connectivity index (χ0v) is 26.8. The van der Waals surface area contributed by atoms with E-state index in [2.05, 4.69) is 31.3 Å². The van der Waals surface area contributed by atoms with Gasteiger partial charge in [0, 0.05) is 6.42 Å². The average molecular weight is 586 g/mol. The van der Waals surface area contributed by atoms with Gasteiger partial charge in [0.25, 0.3) is 10.1 Å². The summed E-state index contributed by atoms with van der Waals surface area (Å²) in [6, 6.07) is -1.07. The molecule has 0 aliphatic heterocycles. The molecule has 3 N–H and O–H groups in total. The van der Waals surface area contributed by atoms with Gasteiger partial charge in [-0.05, 0) is 25.7 Å². The molecular weight excluding hydrogens is 522 g/mol. The van der Waals surface area contributed by atoms with Crippen molar-refractivity contribution in [2.24, 2.45) is 0 Å². The quantitative estimate of drug-likeness (QED) is 0.0462. The summed E-state index contributed by atoms with van der Waals surface area (Å²) in [4.78, 5) is 12.4. The van der Waals surface area contributed by atoms with Crippen LogP contribution in [0.15, 0.2) is 24.3 Å². The minimum absolute atomic E-state index is 0.291. The Balaban J connectivity index is 3.93. The van der Waals surface area contributed by atoms with Crippen molar-refractivity contribution in [2.75, 3.05) is 5.75 Å². The van der Waals surface area contributed by atoms with Crippen LogP contribution in [0.5, 0.6) is 0 Å². The molecule has 0 heterocycles. The molecule has 236 valence electrons. The summed E-state index contributed by atoms with van der Waals surface area (Å²) in [7, 11) is -4.33. The summed E-state index contributed by atoms with van der Waals surface area (Å²) in [6.07, 6.45) is 33.2. The van der Waals surface area contributed by atoms with Gasteiger partial charge in [-0.25, -0.2) is 0 Å². The van der Waals surface area contributed by atoms with Crippen molar-refractivity contribution >= 4 is 16.0 Å². The number of allylic oxidation sites excluding steroid dienone is 3. The molecule has 0 aliphatic rings. The van der Waals surface area contributed by atoms with E-state index in [1.165, 1.54) is 102 Å². The Hall–Kier alpha value is -1.18. The maximum absolute atomic E-state index is 12.4. The van der Waals surface area contributed by atoms with E-state index in [1.807, 2.05) is 0 Å². The van der Waals surface area contributed by atoms with Gasteiger partial charge in [-0.2, -0.15) is 8.42 Å². The third-order valence-electron chi connectivity index (χ3n) is 7.38. The molecular formula is C33H63NO5S. The van der Waals surface area contributed by atoms with Gasteiger partial charge in [-0.1, -0.05) is 154 Å². The molecule has 6 nitrogen and oxygen atoms in total. The van der Waals surface area contributed by atoms with E-state index in [1.54, 1.807) is 6.08 Å². The highest BCUT2D eigenvalue weighted by molar-refractivity contribution is 7.85. The predicted molar refractivity (Wildman–Crippen MR) is 170 cm³/mol. The number of carbonyl (C=O) groups is 1. The number of nitrogens with one attached hydrogen (secondary N) is 1. The maximum Gasteiger partial charge on any atom is 0.267 e. The van der Waals surface area contributed by atoms with Crippen LogP contribution < -0.4 is 5.32 Å². The van der Waals surface area contributed by atoms with Crippen LogP contribution in [0.1, 0.15) is 162 Å². The normalized spacial score (nSPS) is 13.8. The third kappa shape index (κ3) is 28.4. The first-order chi connectivity index (χ1) is 19.3. The summed E-state index contributed by atoms with van der Waals surface area (Å²) in [5.74, 6) is -0.999. The van der Waals surface area contributed by atoms with Gasteiger partial charge in [-0.3, -0.25) is 9.35 Å². The lowest BCUT2D eigenvalue weighted by molar-refractivity contribution is -0.122. The van der Waals surface area contributed by atoms with Gasteiger partial charge < -0.3 is 10.4 Å². The molecule has 40 heavy (non-hydrogen) atoms. The van der Waals surface area contributed by atoms with E-state index >= 15 is 0 Å². The standard InChI is InChI=1S/C33H63NO5S/c1-3-5-7-9-11-13-14-15-16-17-18-19-20-21-23-25-27-29-33(36)34-31(30-40(37,38)39)32(35)28-26-24-22-12-10-8-6-4-2/h10,12,26,28,31-32,35H,3-9,11,13-25,27,29-30H2,1-2H3,(H,34,36)(H,37,38,39)/b12-10+,28-26+. The summed E-state index contributed by atoms with van der Waals surface area (Å²) < 4.78 is 32.1. The Labute approximate surface area is 247 Å². The molecule has 0 radical (unpaired) electrons. The number of aliphatic hydroxyl groups is 1. The first-order valence-corrected chi connectivity index (χ1v) is 18.1. The van der Waals surface area contributed by atoms with Crippen LogP contribution in [0.4, 0.5) is 0 Å². The van der Waals surface area contributed by atoms with Gasteiger partial charge in [0.05, 0.1) is 17.9 Å². The summed E-state index contributed by atoms with van der Waals surface area (Å²) in [5, 5.41) is 13.0. The molecule has 0 aromatic carbocycles. The molecule has 0 aromatic heterocycles. The van der Waals surface area contributed by atoms with Crippen LogP contribution in [-0.2, 0) is 14.9 Å². The SMILES string of the molecule is CCCC/C=C/CC/C=C/C(O)C(CS(=O)(=O)O)NC(=O)CCCCCCCCCCCCCCCCCCC. The molecule has 2 unspecified atom stereocenters. The summed E-state index contributed by atoms with van der Waals surface area (Å²) in [6.45, 7) is 4.42. The molecule has 1 amide bonds. The molecule has 0 rings (SSSR count). The smallest absolute Gasteiger partial charge is 0.267 e. The van der Waals surface area contributed by atoms with Crippen LogP contribution in [0.25, 0.3) is 0 Å². The van der Waals surface area contributed by atoms with Crippen molar-refractivity contribution in [3.8, 4) is 0 Å². The van der Waals surface area contributed by atoms with Crippen molar-refractivity contribution in [3.05, 3.63) is 24.3 Å². The summed E-state index contributed by atoms with van der Waals surface area (Å²) >= 11 is 0. The zero-order valence-electron chi connectivity index (χ0n) is 26.0. The van der Waals surface area contributed by atoms with E-state index < -0.39 is 28.0 Å². The predicted octanol–water partition coefficient (Wildman–Crippen LogP) is 8.84. The largest absolute Gasteiger partial charge is 0.387 e. The number of rotatable bonds is 29. The van der Waals surface area contributed by atoms with E-state index in [-0.39, 0.29) is 5.91 Å². The fourth-order valence-electron chi connectivity index (χ4n) is 4.86. The number of carbonyl (C=O) groups excluding carboxylic acids is 1. The van der Waals surface area contributed by atoms with Crippen molar-refractivity contribution < 1.29 is 22.9 Å². The third-order valence-corrected chi connectivity index (χ3v) is 8.16. The average Bonchev–Trinajstić information content (AvgIpc) is 2.90. The van der Waals surface area contributed by atoms with Gasteiger partial charge in [-0.15, -0.1) is 0 Å². The number of unbranched alkanes of at least 4 members (excludes halogenated alkanes) is 19. The number of amides is 1. The topological polar surface area (TPSA) is 104 Å². The molecule has 0 aromatic rings. The highest BCUT2D eigenvalue weighted by Crippen LogP contribution is 2.14. The van der Waals surface area contributed by atoms with Crippen LogP contribution in [0, 0.1) is 0 Å². The zero-order chi connectivity index (χ0) is 29.7. The number of aliphatic hydroxyl groups excluding tert-OH is 1. The molecule has 0 bridgehead atoms. The Morgan fingerprint density at radius 1 is 0.650 bits per heavy atom. The van der Waals surface area contributed by atoms with E-state index in [0.29, 0.717) is 12.8 Å². The van der Waals surface area contributed by atoms with Crippen molar-refractivity contribution in [2.45, 2.75) is 174 Å². The molecule has 0 spiro atoms. The Bertz CT molecular complexity index is 735. The molecule has 0 saturated carbocycles. The minimum atomic E-state index is -4.33. The number of hydrogen-bond donors (Lipinski definition) is 3. The van der Waals surface area contributed by atoms with Crippen LogP contribution in [0.3, 0.4) is 0 Å². The molecule has 0 fully saturated rings. The second kappa shape index (κ2) is 28.0. The van der Waals surface area contributed by atoms with Gasteiger partial charge in [0.2, 0.25) is 5.91 Å². The van der Waals surface area contributed by atoms with E-state index in [4.69, 9.17) is 0 Å². The lowest BCUT2D eigenvalue weighted by atomic mass is 10.0. The fraction of sp³-hybridized carbons (Fsp3) is 0.848. The highest BCUT2D eigenvalue weighted by atomic mass is 32.2. The molecule has 0 saturated heterocycles. The van der Waals surface area contributed by atoms with E-state index in [9.17, 15) is 22.9 Å². The first-order valence-electron chi connectivity index (χ1n) is 16.5. The van der Waals surface area contributed by atoms with Crippen molar-refractivity contribution in [1.82, 2.24) is 5.32 Å². The molecule has 0 aliphatic carbocycles. The second-order valence-electron chi connectivity index (χ2n) is 11.4. The maximum atomic E-state index is 12.4. The monoisotopic (exact) mass is 585 g/mol. The van der Waals surface area contributed by atoms with Crippen LogP contribution in [0.2, 0.25) is 0 Å². The Morgan fingerprint density at radius 2 is 1.07 bits per heavy atom. The second-order valence-corrected chi connectivity index (χ2v) is 12.9. The van der Waals surface area contributed by atoms with Crippen molar-refractivity contribution in [3.63, 3.8) is 0 Å². The lowest BCUT2D eigenvalue weighted by Gasteiger charge is -2.21. The van der Waals surface area contributed by atoms with Crippen LogP contribution >= 0.6 is 0 Å². The first kappa shape index (κ1) is 38.8. The van der Waals surface area contributed by atoms with E-state index in [0.717, 1.165) is 38.5 Å². The summed E-state index contributed by atoms with van der Waals surface area (Å²) in [5.41, 5.74) is 0. The highest BCUT2D eigenvalue weighted by Gasteiger charge is 2.24. The van der Waals surface area contributed by atoms with Gasteiger partial charge >= 0.3 is 0 Å². The van der Waals surface area contributed by atoms with Gasteiger partial charge in [0.1, 0.15) is 0 Å². The Kier molecular flexibility index (Phi) is 27.1. The Morgan fingerprint density at radius 3 is 1.55 bits per heavy atom. The van der Waals surface area contributed by atoms with Gasteiger partial charge in [0.15, 0.2) is 0 Å². The number of hydrogen-bond acceptors (Lipinski definition) is 4. The fourth-order valence-corrected chi connectivity index (χ4v) is 5.60. The van der Waals surface area contributed by atoms with Crippen molar-refractivity contribution in [1.29, 1.82) is 0 Å². The molecule has 2 atom stereocenters. The minimum Gasteiger partial charge on any atom is -0.387 e. The lowest BCUT2D eigenvalue weighted by Crippen LogP contribution is -2.46.